The van der Waals surface area contributed by atoms with Crippen LogP contribution >= 0.6 is 0 Å². The van der Waals surface area contributed by atoms with E-state index in [0.29, 0.717) is 6.42 Å². The van der Waals surface area contributed by atoms with Gasteiger partial charge in [-0.1, -0.05) is 12.1 Å². The lowest BCUT2D eigenvalue weighted by atomic mass is 10.1. The molecule has 0 aliphatic carbocycles. The summed E-state index contributed by atoms with van der Waals surface area (Å²) in [6, 6.07) is 6.01. The molecule has 92 valence electrons. The molecule has 0 saturated carbocycles. The van der Waals surface area contributed by atoms with Gasteiger partial charge in [-0.3, -0.25) is 9.69 Å². The summed E-state index contributed by atoms with van der Waals surface area (Å²) >= 11 is 0. The summed E-state index contributed by atoms with van der Waals surface area (Å²) in [5.74, 6) is 0.150. The van der Waals surface area contributed by atoms with Gasteiger partial charge in [0.25, 0.3) is 0 Å². The zero-order chi connectivity index (χ0) is 12.3. The number of nitrogens with zero attached hydrogens (tertiary/aromatic N) is 1. The molecule has 0 atom stereocenters. The molecular weight excluding hydrogens is 214 g/mol. The highest BCUT2D eigenvalue weighted by atomic mass is 16.1. The second kappa shape index (κ2) is 5.19. The summed E-state index contributed by atoms with van der Waals surface area (Å²) in [5, 5.41) is 2.88. The van der Waals surface area contributed by atoms with Gasteiger partial charge in [0.15, 0.2) is 0 Å². The summed E-state index contributed by atoms with van der Waals surface area (Å²) in [4.78, 5) is 13.5. The zero-order valence-corrected chi connectivity index (χ0v) is 10.2. The molecule has 0 bridgehead atoms. The Balaban J connectivity index is 2.05. The van der Waals surface area contributed by atoms with Crippen molar-refractivity contribution in [3.63, 3.8) is 0 Å². The molecule has 1 aromatic carbocycles. The van der Waals surface area contributed by atoms with Crippen molar-refractivity contribution in [2.75, 3.05) is 25.4 Å². The zero-order valence-electron chi connectivity index (χ0n) is 10.2. The maximum atomic E-state index is 11.2. The molecule has 0 aromatic heterocycles. The van der Waals surface area contributed by atoms with Gasteiger partial charge in [-0.15, -0.1) is 0 Å². The van der Waals surface area contributed by atoms with E-state index in [9.17, 15) is 4.79 Å². The fourth-order valence-corrected chi connectivity index (χ4v) is 2.09. The van der Waals surface area contributed by atoms with Crippen molar-refractivity contribution in [2.45, 2.75) is 19.9 Å². The number of nitrogens with two attached hydrogens (primary N) is 1. The standard InChI is InChI=1S/C13H19N3O/c1-10-11(3-2-4-12(10)14)9-16-7-5-13(17)15-6-8-16/h2-4H,5-9,14H2,1H3,(H,15,17). The second-order valence-electron chi connectivity index (χ2n) is 4.51. The lowest BCUT2D eigenvalue weighted by Crippen LogP contribution is -2.28. The molecule has 1 amide bonds. The summed E-state index contributed by atoms with van der Waals surface area (Å²) in [6.45, 7) is 5.37. The van der Waals surface area contributed by atoms with Crippen LogP contribution in [0.4, 0.5) is 5.69 Å². The van der Waals surface area contributed by atoms with Crippen LogP contribution in [0, 0.1) is 6.92 Å². The number of carbonyl (C=O) groups excluding carboxylic acids is 1. The Morgan fingerprint density at radius 1 is 1.41 bits per heavy atom. The molecule has 0 unspecified atom stereocenters. The van der Waals surface area contributed by atoms with E-state index in [1.807, 2.05) is 19.1 Å². The van der Waals surface area contributed by atoms with E-state index < -0.39 is 0 Å². The average molecular weight is 233 g/mol. The van der Waals surface area contributed by atoms with Crippen LogP contribution in [0.2, 0.25) is 0 Å². The van der Waals surface area contributed by atoms with Gasteiger partial charge in [-0.05, 0) is 24.1 Å². The van der Waals surface area contributed by atoms with E-state index >= 15 is 0 Å². The molecule has 1 aliphatic heterocycles. The predicted molar refractivity (Wildman–Crippen MR) is 68.5 cm³/mol. The maximum Gasteiger partial charge on any atom is 0.221 e. The van der Waals surface area contributed by atoms with Crippen molar-refractivity contribution in [1.82, 2.24) is 10.2 Å². The predicted octanol–water partition coefficient (Wildman–Crippen LogP) is 0.899. The first-order valence-electron chi connectivity index (χ1n) is 6.00. The topological polar surface area (TPSA) is 58.4 Å². The number of anilines is 1. The van der Waals surface area contributed by atoms with Crippen LogP contribution in [-0.2, 0) is 11.3 Å². The van der Waals surface area contributed by atoms with Crippen molar-refractivity contribution < 1.29 is 4.79 Å². The smallest absolute Gasteiger partial charge is 0.221 e. The molecule has 4 heteroatoms. The Kier molecular flexibility index (Phi) is 3.64. The van der Waals surface area contributed by atoms with Crippen molar-refractivity contribution in [2.24, 2.45) is 0 Å². The highest BCUT2D eigenvalue weighted by Crippen LogP contribution is 2.17. The third kappa shape index (κ3) is 2.97. The largest absolute Gasteiger partial charge is 0.399 e. The Hall–Kier alpha value is -1.55. The van der Waals surface area contributed by atoms with E-state index in [2.05, 4.69) is 16.3 Å². The quantitative estimate of drug-likeness (QED) is 0.746. The number of nitrogen functional groups attached to an aromatic ring is 1. The number of carbonyl (C=O) groups is 1. The minimum atomic E-state index is 0.150. The normalized spacial score (nSPS) is 17.6. The van der Waals surface area contributed by atoms with Crippen LogP contribution in [-0.4, -0.2) is 30.4 Å². The van der Waals surface area contributed by atoms with Gasteiger partial charge in [0, 0.05) is 38.3 Å². The van der Waals surface area contributed by atoms with Gasteiger partial charge in [0.1, 0.15) is 0 Å². The summed E-state index contributed by atoms with van der Waals surface area (Å²) in [6.07, 6.45) is 0.585. The van der Waals surface area contributed by atoms with Crippen LogP contribution < -0.4 is 11.1 Å². The Morgan fingerprint density at radius 2 is 2.24 bits per heavy atom. The molecule has 4 nitrogen and oxygen atoms in total. The summed E-state index contributed by atoms with van der Waals surface area (Å²) in [7, 11) is 0. The van der Waals surface area contributed by atoms with Gasteiger partial charge in [-0.2, -0.15) is 0 Å². The Morgan fingerprint density at radius 3 is 3.06 bits per heavy atom. The highest BCUT2D eigenvalue weighted by molar-refractivity contribution is 5.76. The van der Waals surface area contributed by atoms with E-state index in [1.54, 1.807) is 0 Å². The first-order chi connectivity index (χ1) is 8.16. The molecule has 3 N–H and O–H groups in total. The number of amides is 1. The van der Waals surface area contributed by atoms with Crippen LogP contribution in [0.25, 0.3) is 0 Å². The molecule has 1 aromatic rings. The highest BCUT2D eigenvalue weighted by Gasteiger charge is 2.14. The SMILES string of the molecule is Cc1c(N)cccc1CN1CCNC(=O)CC1. The van der Waals surface area contributed by atoms with Crippen molar-refractivity contribution in [3.05, 3.63) is 29.3 Å². The molecular formula is C13H19N3O. The van der Waals surface area contributed by atoms with Gasteiger partial charge in [0.05, 0.1) is 0 Å². The maximum absolute atomic E-state index is 11.2. The van der Waals surface area contributed by atoms with Crippen molar-refractivity contribution in [3.8, 4) is 0 Å². The molecule has 1 aliphatic rings. The molecule has 1 saturated heterocycles. The fourth-order valence-electron chi connectivity index (χ4n) is 2.09. The number of hydrogen-bond donors (Lipinski definition) is 2. The minimum Gasteiger partial charge on any atom is -0.399 e. The number of rotatable bonds is 2. The van der Waals surface area contributed by atoms with Crippen molar-refractivity contribution >= 4 is 11.6 Å². The average Bonchev–Trinajstić information content (AvgIpc) is 2.50. The molecule has 1 heterocycles. The molecule has 1 fully saturated rings. The van der Waals surface area contributed by atoms with E-state index in [4.69, 9.17) is 5.73 Å². The lowest BCUT2D eigenvalue weighted by Gasteiger charge is -2.20. The van der Waals surface area contributed by atoms with Crippen LogP contribution in [0.5, 0.6) is 0 Å². The Bertz CT molecular complexity index is 417. The first kappa shape index (κ1) is 11.9. The third-order valence-electron chi connectivity index (χ3n) is 3.29. The second-order valence-corrected chi connectivity index (χ2v) is 4.51. The number of benzene rings is 1. The number of nitrogens with one attached hydrogen (secondary N) is 1. The molecule has 2 rings (SSSR count). The minimum absolute atomic E-state index is 0.150. The summed E-state index contributed by atoms with van der Waals surface area (Å²) < 4.78 is 0. The van der Waals surface area contributed by atoms with Crippen LogP contribution in [0.15, 0.2) is 18.2 Å². The van der Waals surface area contributed by atoms with Gasteiger partial charge < -0.3 is 11.1 Å². The van der Waals surface area contributed by atoms with E-state index in [1.165, 1.54) is 5.56 Å². The van der Waals surface area contributed by atoms with Crippen molar-refractivity contribution in [1.29, 1.82) is 0 Å². The van der Waals surface area contributed by atoms with E-state index in [0.717, 1.165) is 37.4 Å². The lowest BCUT2D eigenvalue weighted by molar-refractivity contribution is -0.120. The fraction of sp³-hybridized carbons (Fsp3) is 0.462. The Labute approximate surface area is 102 Å². The third-order valence-corrected chi connectivity index (χ3v) is 3.29. The molecule has 0 radical (unpaired) electrons. The monoisotopic (exact) mass is 233 g/mol. The van der Waals surface area contributed by atoms with Gasteiger partial charge >= 0.3 is 0 Å². The van der Waals surface area contributed by atoms with Crippen LogP contribution in [0.3, 0.4) is 0 Å². The number of hydrogen-bond acceptors (Lipinski definition) is 3. The summed E-state index contributed by atoms with van der Waals surface area (Å²) in [5.41, 5.74) is 9.13. The van der Waals surface area contributed by atoms with Gasteiger partial charge in [0.2, 0.25) is 5.91 Å². The molecule has 0 spiro atoms. The molecule has 17 heavy (non-hydrogen) atoms. The first-order valence-corrected chi connectivity index (χ1v) is 6.00. The van der Waals surface area contributed by atoms with E-state index in [-0.39, 0.29) is 5.91 Å². The van der Waals surface area contributed by atoms with Crippen LogP contribution in [0.1, 0.15) is 17.5 Å². The van der Waals surface area contributed by atoms with Gasteiger partial charge in [-0.25, -0.2) is 0 Å².